The maximum Gasteiger partial charge on any atom is 0.338 e. The van der Waals surface area contributed by atoms with Crippen LogP contribution < -0.4 is 5.32 Å². The van der Waals surface area contributed by atoms with Gasteiger partial charge in [0.25, 0.3) is 5.91 Å². The molecule has 0 aliphatic heterocycles. The number of carbonyl (C=O) groups excluding carboxylic acids is 2. The number of pyridine rings is 1. The number of amides is 1. The Morgan fingerprint density at radius 3 is 2.36 bits per heavy atom. The van der Waals surface area contributed by atoms with Gasteiger partial charge in [-0.3, -0.25) is 9.78 Å². The number of nitrogens with zero attached hydrogens (tertiary/aromatic N) is 1. The fourth-order valence-electron chi connectivity index (χ4n) is 1.70. The van der Waals surface area contributed by atoms with E-state index in [0.717, 1.165) is 0 Å². The maximum absolute atomic E-state index is 11.7. The van der Waals surface area contributed by atoms with Crippen LogP contribution in [-0.4, -0.2) is 30.0 Å². The molecule has 1 amide bonds. The molecule has 1 N–H and O–H groups in total. The molecule has 0 spiro atoms. The number of ether oxygens (including phenoxy) is 1. The van der Waals surface area contributed by atoms with E-state index in [1.54, 1.807) is 48.8 Å². The minimum absolute atomic E-state index is 0. The normalized spacial score (nSPS) is 9.45. The van der Waals surface area contributed by atoms with Gasteiger partial charge in [0.2, 0.25) is 0 Å². The van der Waals surface area contributed by atoms with Crippen molar-refractivity contribution in [1.29, 1.82) is 0 Å². The lowest BCUT2D eigenvalue weighted by atomic mass is 10.2. The summed E-state index contributed by atoms with van der Waals surface area (Å²) in [5.41, 5.74) is 1.09. The third-order valence-corrected chi connectivity index (χ3v) is 2.79. The number of hydrogen-bond acceptors (Lipinski definition) is 4. The van der Waals surface area contributed by atoms with E-state index in [9.17, 15) is 9.59 Å². The number of aromatic nitrogens is 1. The average molecular weight is 321 g/mol. The molecule has 0 fully saturated rings. The first-order valence-corrected chi connectivity index (χ1v) is 6.68. The van der Waals surface area contributed by atoms with Gasteiger partial charge in [-0.15, -0.1) is 12.4 Å². The number of rotatable bonds is 6. The highest BCUT2D eigenvalue weighted by atomic mass is 35.5. The van der Waals surface area contributed by atoms with Crippen molar-refractivity contribution >= 4 is 24.3 Å². The van der Waals surface area contributed by atoms with E-state index in [-0.39, 0.29) is 30.9 Å². The van der Waals surface area contributed by atoms with Gasteiger partial charge in [-0.25, -0.2) is 4.79 Å². The van der Waals surface area contributed by atoms with E-state index >= 15 is 0 Å². The van der Waals surface area contributed by atoms with Crippen LogP contribution in [0, 0.1) is 0 Å². The standard InChI is InChI=1S/C16H16N2O3.ClH/c19-15(13-7-10-17-11-8-13)18-9-4-12-21-16(20)14-5-2-1-3-6-14;/h1-3,5-8,10-11H,4,9,12H2,(H,18,19);1H. The van der Waals surface area contributed by atoms with Crippen LogP contribution in [0.4, 0.5) is 0 Å². The smallest absolute Gasteiger partial charge is 0.338 e. The van der Waals surface area contributed by atoms with Crippen LogP contribution in [0.1, 0.15) is 27.1 Å². The highest BCUT2D eigenvalue weighted by molar-refractivity contribution is 5.93. The van der Waals surface area contributed by atoms with Gasteiger partial charge in [0.05, 0.1) is 12.2 Å². The second kappa shape index (κ2) is 9.52. The van der Waals surface area contributed by atoms with Gasteiger partial charge in [-0.1, -0.05) is 18.2 Å². The van der Waals surface area contributed by atoms with Crippen molar-refractivity contribution in [2.45, 2.75) is 6.42 Å². The van der Waals surface area contributed by atoms with Crippen LogP contribution in [0.25, 0.3) is 0 Å². The van der Waals surface area contributed by atoms with Crippen LogP contribution >= 0.6 is 12.4 Å². The monoisotopic (exact) mass is 320 g/mol. The Hall–Kier alpha value is -2.40. The first-order valence-electron chi connectivity index (χ1n) is 6.68. The van der Waals surface area contributed by atoms with Gasteiger partial charge in [0.1, 0.15) is 0 Å². The summed E-state index contributed by atoms with van der Waals surface area (Å²) in [5, 5.41) is 2.75. The van der Waals surface area contributed by atoms with E-state index in [0.29, 0.717) is 24.1 Å². The summed E-state index contributed by atoms with van der Waals surface area (Å²) < 4.78 is 5.12. The zero-order valence-electron chi connectivity index (χ0n) is 11.9. The summed E-state index contributed by atoms with van der Waals surface area (Å²) in [7, 11) is 0. The third-order valence-electron chi connectivity index (χ3n) is 2.79. The largest absolute Gasteiger partial charge is 0.462 e. The number of hydrogen-bond donors (Lipinski definition) is 1. The van der Waals surface area contributed by atoms with Crippen molar-refractivity contribution in [3.63, 3.8) is 0 Å². The van der Waals surface area contributed by atoms with Crippen molar-refractivity contribution in [2.75, 3.05) is 13.2 Å². The van der Waals surface area contributed by atoms with Gasteiger partial charge in [-0.05, 0) is 30.7 Å². The number of halogens is 1. The molecule has 0 radical (unpaired) electrons. The van der Waals surface area contributed by atoms with Crippen LogP contribution in [0.2, 0.25) is 0 Å². The molecule has 1 heterocycles. The minimum Gasteiger partial charge on any atom is -0.462 e. The van der Waals surface area contributed by atoms with E-state index < -0.39 is 0 Å². The molecule has 22 heavy (non-hydrogen) atoms. The number of nitrogens with one attached hydrogen (secondary N) is 1. The van der Waals surface area contributed by atoms with E-state index in [4.69, 9.17) is 4.74 Å². The lowest BCUT2D eigenvalue weighted by Gasteiger charge is -2.06. The molecule has 0 aliphatic carbocycles. The van der Waals surface area contributed by atoms with Gasteiger partial charge in [0.15, 0.2) is 0 Å². The van der Waals surface area contributed by atoms with Crippen molar-refractivity contribution < 1.29 is 14.3 Å². The summed E-state index contributed by atoms with van der Waals surface area (Å²) >= 11 is 0. The van der Waals surface area contributed by atoms with Crippen LogP contribution in [-0.2, 0) is 4.74 Å². The van der Waals surface area contributed by atoms with Crippen LogP contribution in [0.3, 0.4) is 0 Å². The molecule has 2 aromatic rings. The van der Waals surface area contributed by atoms with Gasteiger partial charge in [-0.2, -0.15) is 0 Å². The number of esters is 1. The summed E-state index contributed by atoms with van der Waals surface area (Å²) in [5.74, 6) is -0.511. The number of benzene rings is 1. The van der Waals surface area contributed by atoms with Gasteiger partial charge >= 0.3 is 5.97 Å². The van der Waals surface area contributed by atoms with Gasteiger partial charge < -0.3 is 10.1 Å². The minimum atomic E-state index is -0.351. The second-order valence-corrected chi connectivity index (χ2v) is 4.35. The Morgan fingerprint density at radius 1 is 1.00 bits per heavy atom. The van der Waals surface area contributed by atoms with Crippen molar-refractivity contribution in [1.82, 2.24) is 10.3 Å². The molecule has 1 aromatic heterocycles. The fourth-order valence-corrected chi connectivity index (χ4v) is 1.70. The molecule has 116 valence electrons. The van der Waals surface area contributed by atoms with Crippen molar-refractivity contribution in [3.8, 4) is 0 Å². The molecular weight excluding hydrogens is 304 g/mol. The molecule has 0 saturated heterocycles. The first kappa shape index (κ1) is 17.7. The summed E-state index contributed by atoms with van der Waals surface area (Å²) in [6.07, 6.45) is 3.70. The Balaban J connectivity index is 0.00000242. The predicted octanol–water partition coefficient (Wildman–Crippen LogP) is 2.48. The van der Waals surface area contributed by atoms with E-state index in [2.05, 4.69) is 10.3 Å². The third kappa shape index (κ3) is 5.54. The molecular formula is C16H17ClN2O3. The fraction of sp³-hybridized carbons (Fsp3) is 0.188. The molecule has 0 unspecified atom stereocenters. The second-order valence-electron chi connectivity index (χ2n) is 4.35. The highest BCUT2D eigenvalue weighted by Gasteiger charge is 2.06. The SMILES string of the molecule is Cl.O=C(NCCCOC(=O)c1ccccc1)c1ccncc1. The molecule has 5 nitrogen and oxygen atoms in total. The highest BCUT2D eigenvalue weighted by Crippen LogP contribution is 2.01. The van der Waals surface area contributed by atoms with E-state index in [1.807, 2.05) is 6.07 Å². The zero-order chi connectivity index (χ0) is 14.9. The molecule has 2 rings (SSSR count). The molecule has 0 aliphatic rings. The molecule has 6 heteroatoms. The summed E-state index contributed by atoms with van der Waals surface area (Å²) in [6.45, 7) is 0.716. The summed E-state index contributed by atoms with van der Waals surface area (Å²) in [6, 6.07) is 12.1. The Labute approximate surface area is 135 Å². The lowest BCUT2D eigenvalue weighted by molar-refractivity contribution is 0.0501. The average Bonchev–Trinajstić information content (AvgIpc) is 2.55. The van der Waals surface area contributed by atoms with Crippen LogP contribution in [0.15, 0.2) is 54.9 Å². The first-order chi connectivity index (χ1) is 10.3. The Kier molecular flexibility index (Phi) is 7.64. The Morgan fingerprint density at radius 2 is 1.68 bits per heavy atom. The van der Waals surface area contributed by atoms with Gasteiger partial charge in [0, 0.05) is 24.5 Å². The maximum atomic E-state index is 11.7. The topological polar surface area (TPSA) is 68.3 Å². The van der Waals surface area contributed by atoms with Crippen molar-refractivity contribution in [3.05, 3.63) is 66.0 Å². The quantitative estimate of drug-likeness (QED) is 0.656. The number of carbonyl (C=O) groups is 2. The summed E-state index contributed by atoms with van der Waals surface area (Å²) in [4.78, 5) is 27.2. The van der Waals surface area contributed by atoms with E-state index in [1.165, 1.54) is 0 Å². The van der Waals surface area contributed by atoms with Crippen molar-refractivity contribution in [2.24, 2.45) is 0 Å². The zero-order valence-corrected chi connectivity index (χ0v) is 12.7. The molecule has 0 bridgehead atoms. The molecule has 0 atom stereocenters. The molecule has 1 aromatic carbocycles. The van der Waals surface area contributed by atoms with Crippen LogP contribution in [0.5, 0.6) is 0 Å². The Bertz CT molecular complexity index is 537. The predicted molar refractivity (Wildman–Crippen MR) is 85.2 cm³/mol. The molecule has 0 saturated carbocycles. The lowest BCUT2D eigenvalue weighted by Crippen LogP contribution is -2.25.